The molecule has 2 aromatic rings. The van der Waals surface area contributed by atoms with Gasteiger partial charge in [0.05, 0.1) is 23.4 Å². The number of hydrogen-bond donors (Lipinski definition) is 2. The summed E-state index contributed by atoms with van der Waals surface area (Å²) < 4.78 is 10.4. The summed E-state index contributed by atoms with van der Waals surface area (Å²) in [6, 6.07) is 10.9. The van der Waals surface area contributed by atoms with Gasteiger partial charge in [-0.25, -0.2) is 4.79 Å². The highest BCUT2D eigenvalue weighted by molar-refractivity contribution is 6.32. The summed E-state index contributed by atoms with van der Waals surface area (Å²) in [5, 5.41) is 11.9. The first-order valence-corrected chi connectivity index (χ1v) is 6.97. The first-order valence-electron chi connectivity index (χ1n) is 6.59. The molecule has 1 amide bonds. The van der Waals surface area contributed by atoms with Crippen molar-refractivity contribution < 1.29 is 24.2 Å². The summed E-state index contributed by atoms with van der Waals surface area (Å²) in [6.07, 6.45) is 0. The summed E-state index contributed by atoms with van der Waals surface area (Å²) in [7, 11) is 1.42. The molecule has 0 aliphatic heterocycles. The Balaban J connectivity index is 2.06. The van der Waals surface area contributed by atoms with Crippen molar-refractivity contribution >= 4 is 29.2 Å². The fraction of sp³-hybridized carbons (Fsp3) is 0.125. The predicted molar refractivity (Wildman–Crippen MR) is 85.5 cm³/mol. The minimum atomic E-state index is -1.10. The number of ether oxygens (including phenoxy) is 2. The van der Waals surface area contributed by atoms with Crippen LogP contribution in [0.4, 0.5) is 5.69 Å². The van der Waals surface area contributed by atoms with E-state index in [4.69, 9.17) is 26.2 Å². The second kappa shape index (κ2) is 7.51. The fourth-order valence-corrected chi connectivity index (χ4v) is 2.02. The van der Waals surface area contributed by atoms with Crippen molar-refractivity contribution in [1.29, 1.82) is 0 Å². The Labute approximate surface area is 137 Å². The van der Waals surface area contributed by atoms with Crippen LogP contribution in [0.25, 0.3) is 0 Å². The van der Waals surface area contributed by atoms with E-state index in [0.717, 1.165) is 0 Å². The molecule has 23 heavy (non-hydrogen) atoms. The number of hydrogen-bond acceptors (Lipinski definition) is 4. The van der Waals surface area contributed by atoms with Crippen molar-refractivity contribution in [2.75, 3.05) is 19.0 Å². The zero-order valence-corrected chi connectivity index (χ0v) is 13.0. The van der Waals surface area contributed by atoms with Gasteiger partial charge in [0.2, 0.25) is 0 Å². The van der Waals surface area contributed by atoms with Gasteiger partial charge in [-0.15, -0.1) is 0 Å². The lowest BCUT2D eigenvalue weighted by Crippen LogP contribution is -2.20. The van der Waals surface area contributed by atoms with E-state index >= 15 is 0 Å². The summed E-state index contributed by atoms with van der Waals surface area (Å²) in [4.78, 5) is 23.0. The van der Waals surface area contributed by atoms with Gasteiger partial charge in [0.25, 0.3) is 5.91 Å². The van der Waals surface area contributed by atoms with Gasteiger partial charge in [-0.1, -0.05) is 23.7 Å². The molecule has 0 aromatic heterocycles. The molecule has 2 N–H and O–H groups in total. The van der Waals surface area contributed by atoms with Crippen LogP contribution in [0.2, 0.25) is 5.02 Å². The number of halogens is 1. The Morgan fingerprint density at radius 2 is 1.91 bits per heavy atom. The van der Waals surface area contributed by atoms with Gasteiger partial charge >= 0.3 is 5.97 Å². The fourth-order valence-electron chi connectivity index (χ4n) is 1.83. The maximum absolute atomic E-state index is 12.0. The minimum Gasteiger partial charge on any atom is -0.495 e. The lowest BCUT2D eigenvalue weighted by Gasteiger charge is -2.12. The molecule has 0 saturated heterocycles. The second-order valence-electron chi connectivity index (χ2n) is 4.49. The molecule has 0 unspecified atom stereocenters. The Bertz CT molecular complexity index is 732. The minimum absolute atomic E-state index is 0.0353. The van der Waals surface area contributed by atoms with Crippen molar-refractivity contribution in [3.8, 4) is 11.5 Å². The van der Waals surface area contributed by atoms with E-state index in [-0.39, 0.29) is 17.9 Å². The number of amides is 1. The summed E-state index contributed by atoms with van der Waals surface area (Å²) in [5.41, 5.74) is 0.285. The molecule has 0 spiro atoms. The molecular formula is C16H14ClNO5. The smallest absolute Gasteiger partial charge is 0.335 e. The molecule has 0 aliphatic rings. The molecule has 0 atom stereocenters. The largest absolute Gasteiger partial charge is 0.495 e. The Morgan fingerprint density at radius 1 is 1.17 bits per heavy atom. The number of carbonyl (C=O) groups is 2. The second-order valence-corrected chi connectivity index (χ2v) is 4.89. The molecule has 0 bridgehead atoms. The average molecular weight is 336 g/mol. The summed E-state index contributed by atoms with van der Waals surface area (Å²) in [5.74, 6) is -0.835. The highest BCUT2D eigenvalue weighted by atomic mass is 35.5. The van der Waals surface area contributed by atoms with Gasteiger partial charge in [-0.05, 0) is 30.3 Å². The van der Waals surface area contributed by atoms with Gasteiger partial charge in [0.1, 0.15) is 11.5 Å². The van der Waals surface area contributed by atoms with Crippen LogP contribution < -0.4 is 14.8 Å². The number of para-hydroxylation sites is 1. The topological polar surface area (TPSA) is 84.9 Å². The van der Waals surface area contributed by atoms with E-state index in [1.54, 1.807) is 24.3 Å². The van der Waals surface area contributed by atoms with E-state index in [0.29, 0.717) is 16.5 Å². The van der Waals surface area contributed by atoms with Crippen LogP contribution in [-0.4, -0.2) is 30.7 Å². The van der Waals surface area contributed by atoms with Crippen LogP contribution >= 0.6 is 11.6 Å². The third kappa shape index (κ3) is 4.37. The number of carbonyl (C=O) groups excluding carboxylic acids is 1. The molecule has 0 radical (unpaired) electrons. The zero-order chi connectivity index (χ0) is 16.8. The molecule has 0 fully saturated rings. The highest BCUT2D eigenvalue weighted by Crippen LogP contribution is 2.26. The molecule has 2 rings (SSSR count). The summed E-state index contributed by atoms with van der Waals surface area (Å²) in [6.45, 7) is -0.274. The average Bonchev–Trinajstić information content (AvgIpc) is 2.54. The number of carboxylic acid groups (broad SMARTS) is 1. The maximum atomic E-state index is 12.0. The van der Waals surface area contributed by atoms with Crippen LogP contribution in [0.1, 0.15) is 10.4 Å². The van der Waals surface area contributed by atoms with Crippen molar-refractivity contribution in [2.45, 2.75) is 0 Å². The molecule has 0 saturated carbocycles. The SMILES string of the molecule is COc1ccc(C(=O)O)cc1NC(=O)COc1ccccc1Cl. The van der Waals surface area contributed by atoms with E-state index in [1.807, 2.05) is 0 Å². The summed E-state index contributed by atoms with van der Waals surface area (Å²) >= 11 is 5.93. The van der Waals surface area contributed by atoms with E-state index in [1.165, 1.54) is 25.3 Å². The quantitative estimate of drug-likeness (QED) is 0.847. The maximum Gasteiger partial charge on any atom is 0.335 e. The normalized spacial score (nSPS) is 10.0. The van der Waals surface area contributed by atoms with Gasteiger partial charge in [-0.2, -0.15) is 0 Å². The lowest BCUT2D eigenvalue weighted by molar-refractivity contribution is -0.118. The number of benzene rings is 2. The van der Waals surface area contributed by atoms with E-state index in [2.05, 4.69) is 5.32 Å². The molecule has 0 heterocycles. The van der Waals surface area contributed by atoms with Crippen LogP contribution in [0.5, 0.6) is 11.5 Å². The van der Waals surface area contributed by atoms with Crippen LogP contribution in [0, 0.1) is 0 Å². The molecular weight excluding hydrogens is 322 g/mol. The standard InChI is InChI=1S/C16H14ClNO5/c1-22-14-7-6-10(16(20)21)8-12(14)18-15(19)9-23-13-5-3-2-4-11(13)17/h2-8H,9H2,1H3,(H,18,19)(H,20,21). The van der Waals surface area contributed by atoms with Gasteiger partial charge in [-0.3, -0.25) is 4.79 Å². The molecule has 6 nitrogen and oxygen atoms in total. The number of nitrogens with one attached hydrogen (secondary N) is 1. The molecule has 120 valence electrons. The van der Waals surface area contributed by atoms with Gasteiger partial charge < -0.3 is 19.9 Å². The lowest BCUT2D eigenvalue weighted by atomic mass is 10.2. The van der Waals surface area contributed by atoms with Crippen molar-refractivity contribution in [3.63, 3.8) is 0 Å². The number of carboxylic acids is 1. The Hall–Kier alpha value is -2.73. The van der Waals surface area contributed by atoms with Gasteiger partial charge in [0, 0.05) is 0 Å². The molecule has 7 heteroatoms. The van der Waals surface area contributed by atoms with Crippen molar-refractivity contribution in [2.24, 2.45) is 0 Å². The Kier molecular flexibility index (Phi) is 5.43. The van der Waals surface area contributed by atoms with Crippen LogP contribution in [0.3, 0.4) is 0 Å². The number of methoxy groups -OCH3 is 1. The van der Waals surface area contributed by atoms with Crippen LogP contribution in [-0.2, 0) is 4.79 Å². The third-order valence-electron chi connectivity index (χ3n) is 2.92. The predicted octanol–water partition coefficient (Wildman–Crippen LogP) is 3.06. The van der Waals surface area contributed by atoms with E-state index in [9.17, 15) is 9.59 Å². The molecule has 0 aliphatic carbocycles. The monoisotopic (exact) mass is 335 g/mol. The third-order valence-corrected chi connectivity index (χ3v) is 3.23. The first kappa shape index (κ1) is 16.6. The van der Waals surface area contributed by atoms with Crippen molar-refractivity contribution in [3.05, 3.63) is 53.1 Å². The molecule has 2 aromatic carbocycles. The zero-order valence-electron chi connectivity index (χ0n) is 12.2. The van der Waals surface area contributed by atoms with Gasteiger partial charge in [0.15, 0.2) is 6.61 Å². The highest BCUT2D eigenvalue weighted by Gasteiger charge is 2.12. The number of anilines is 1. The first-order chi connectivity index (χ1) is 11.0. The van der Waals surface area contributed by atoms with Crippen LogP contribution in [0.15, 0.2) is 42.5 Å². The number of rotatable bonds is 6. The van der Waals surface area contributed by atoms with Crippen molar-refractivity contribution in [1.82, 2.24) is 0 Å². The number of aromatic carboxylic acids is 1. The van der Waals surface area contributed by atoms with E-state index < -0.39 is 11.9 Å². The Morgan fingerprint density at radius 3 is 2.57 bits per heavy atom.